The number of nitrogens with zero attached hydrogens (tertiary/aromatic N) is 2. The smallest absolute Gasteiger partial charge is 0.334 e. The molecular formula is C11H12N2O3. The van der Waals surface area contributed by atoms with Gasteiger partial charge in [0.05, 0.1) is 18.0 Å². The molecule has 0 saturated heterocycles. The number of rotatable bonds is 2. The first-order chi connectivity index (χ1) is 7.69. The van der Waals surface area contributed by atoms with Crippen molar-refractivity contribution in [2.24, 2.45) is 0 Å². The Bertz CT molecular complexity index is 590. The highest BCUT2D eigenvalue weighted by Gasteiger charge is 2.12. The number of methoxy groups -OCH3 is 1. The van der Waals surface area contributed by atoms with E-state index in [2.05, 4.69) is 4.98 Å². The Hall–Kier alpha value is -2.04. The van der Waals surface area contributed by atoms with E-state index in [0.29, 0.717) is 10.9 Å². The van der Waals surface area contributed by atoms with Crippen molar-refractivity contribution in [3.8, 4) is 6.01 Å². The second kappa shape index (κ2) is 3.84. The summed E-state index contributed by atoms with van der Waals surface area (Å²) in [5.74, 6) is 0. The molecule has 0 N–H and O–H groups in total. The summed E-state index contributed by atoms with van der Waals surface area (Å²) in [6.45, 7) is 1.86. The van der Waals surface area contributed by atoms with Crippen LogP contribution in [0.1, 0.15) is 5.56 Å². The van der Waals surface area contributed by atoms with Crippen molar-refractivity contribution in [2.45, 2.75) is 6.92 Å². The molecule has 84 valence electrons. The third kappa shape index (κ3) is 1.41. The average Bonchev–Trinajstić information content (AvgIpc) is 2.28. The van der Waals surface area contributed by atoms with E-state index in [4.69, 9.17) is 9.57 Å². The third-order valence-corrected chi connectivity index (χ3v) is 2.42. The molecule has 0 aliphatic rings. The minimum Gasteiger partial charge on any atom is -0.466 e. The van der Waals surface area contributed by atoms with Gasteiger partial charge in [0, 0.05) is 0 Å². The molecule has 0 amide bonds. The predicted molar refractivity (Wildman–Crippen MR) is 59.8 cm³/mol. The SMILES string of the molecule is COc1nc(=O)c2c(C)cccc2n1OC. The highest BCUT2D eigenvalue weighted by Crippen LogP contribution is 2.16. The second-order valence-corrected chi connectivity index (χ2v) is 3.35. The van der Waals surface area contributed by atoms with E-state index in [1.54, 1.807) is 6.07 Å². The van der Waals surface area contributed by atoms with Gasteiger partial charge in [-0.2, -0.15) is 4.98 Å². The number of aryl methyl sites for hydroxylation is 1. The molecular weight excluding hydrogens is 208 g/mol. The Morgan fingerprint density at radius 2 is 2.06 bits per heavy atom. The maximum atomic E-state index is 11.8. The molecule has 1 aromatic heterocycles. The number of ether oxygens (including phenoxy) is 1. The van der Waals surface area contributed by atoms with Gasteiger partial charge in [0.25, 0.3) is 5.56 Å². The minimum atomic E-state index is -0.307. The van der Waals surface area contributed by atoms with E-state index >= 15 is 0 Å². The molecule has 0 saturated carbocycles. The minimum absolute atomic E-state index is 0.144. The van der Waals surface area contributed by atoms with Crippen molar-refractivity contribution in [2.75, 3.05) is 14.2 Å². The van der Waals surface area contributed by atoms with Crippen molar-refractivity contribution in [3.05, 3.63) is 34.1 Å². The molecule has 16 heavy (non-hydrogen) atoms. The summed E-state index contributed by atoms with van der Waals surface area (Å²) in [6.07, 6.45) is 0. The van der Waals surface area contributed by atoms with Gasteiger partial charge >= 0.3 is 6.01 Å². The molecule has 2 aromatic rings. The Morgan fingerprint density at radius 1 is 1.31 bits per heavy atom. The van der Waals surface area contributed by atoms with Crippen LogP contribution in [0.3, 0.4) is 0 Å². The van der Waals surface area contributed by atoms with Crippen molar-refractivity contribution in [1.82, 2.24) is 9.71 Å². The molecule has 0 spiro atoms. The number of hydrogen-bond donors (Lipinski definition) is 0. The molecule has 0 aliphatic heterocycles. The molecule has 2 rings (SSSR count). The van der Waals surface area contributed by atoms with Crippen LogP contribution in [0.4, 0.5) is 0 Å². The number of fused-ring (bicyclic) bond motifs is 1. The lowest BCUT2D eigenvalue weighted by molar-refractivity contribution is 0.141. The highest BCUT2D eigenvalue weighted by molar-refractivity contribution is 5.81. The van der Waals surface area contributed by atoms with E-state index in [0.717, 1.165) is 5.56 Å². The largest absolute Gasteiger partial charge is 0.466 e. The van der Waals surface area contributed by atoms with Gasteiger partial charge in [0.2, 0.25) is 0 Å². The standard InChI is InChI=1S/C11H12N2O3/c1-7-5-4-6-8-9(7)10(14)12-11(15-2)13(8)16-3/h4-6H,1-3H3. The van der Waals surface area contributed by atoms with E-state index in [1.807, 2.05) is 19.1 Å². The van der Waals surface area contributed by atoms with Gasteiger partial charge < -0.3 is 9.57 Å². The van der Waals surface area contributed by atoms with Crippen molar-refractivity contribution >= 4 is 10.9 Å². The fourth-order valence-electron chi connectivity index (χ4n) is 1.70. The molecule has 0 atom stereocenters. The fourth-order valence-corrected chi connectivity index (χ4v) is 1.70. The van der Waals surface area contributed by atoms with E-state index in [9.17, 15) is 4.79 Å². The number of aromatic nitrogens is 2. The van der Waals surface area contributed by atoms with E-state index in [1.165, 1.54) is 19.0 Å². The molecule has 5 nitrogen and oxygen atoms in total. The Morgan fingerprint density at radius 3 is 2.69 bits per heavy atom. The highest BCUT2D eigenvalue weighted by atomic mass is 16.7. The van der Waals surface area contributed by atoms with Crippen LogP contribution in [0.25, 0.3) is 10.9 Å². The van der Waals surface area contributed by atoms with Crippen LogP contribution in [0.2, 0.25) is 0 Å². The van der Waals surface area contributed by atoms with Gasteiger partial charge in [0.15, 0.2) is 0 Å². The maximum absolute atomic E-state index is 11.8. The van der Waals surface area contributed by atoms with Gasteiger partial charge in [-0.25, -0.2) is 0 Å². The van der Waals surface area contributed by atoms with E-state index in [-0.39, 0.29) is 11.6 Å². The van der Waals surface area contributed by atoms with Crippen molar-refractivity contribution in [1.29, 1.82) is 0 Å². The Balaban J connectivity index is 2.98. The molecule has 0 radical (unpaired) electrons. The topological polar surface area (TPSA) is 53.3 Å². The zero-order valence-electron chi connectivity index (χ0n) is 9.35. The van der Waals surface area contributed by atoms with Gasteiger partial charge in [-0.1, -0.05) is 12.1 Å². The van der Waals surface area contributed by atoms with Crippen molar-refractivity contribution in [3.63, 3.8) is 0 Å². The normalized spacial score (nSPS) is 10.4. The summed E-state index contributed by atoms with van der Waals surface area (Å²) >= 11 is 0. The molecule has 1 heterocycles. The van der Waals surface area contributed by atoms with Crippen molar-refractivity contribution < 1.29 is 9.57 Å². The summed E-state index contributed by atoms with van der Waals surface area (Å²) in [4.78, 5) is 20.7. The number of benzene rings is 1. The third-order valence-electron chi connectivity index (χ3n) is 2.42. The van der Waals surface area contributed by atoms with Crippen LogP contribution < -0.4 is 15.1 Å². The second-order valence-electron chi connectivity index (χ2n) is 3.35. The van der Waals surface area contributed by atoms with Crippen LogP contribution >= 0.6 is 0 Å². The summed E-state index contributed by atoms with van der Waals surface area (Å²) in [6, 6.07) is 5.65. The summed E-state index contributed by atoms with van der Waals surface area (Å²) < 4.78 is 6.38. The predicted octanol–water partition coefficient (Wildman–Crippen LogP) is 0.772. The van der Waals surface area contributed by atoms with E-state index < -0.39 is 0 Å². The quantitative estimate of drug-likeness (QED) is 0.750. The molecule has 0 unspecified atom stereocenters. The lowest BCUT2D eigenvalue weighted by Crippen LogP contribution is -2.20. The molecule has 0 aliphatic carbocycles. The lowest BCUT2D eigenvalue weighted by atomic mass is 10.1. The summed E-state index contributed by atoms with van der Waals surface area (Å²) in [7, 11) is 2.94. The van der Waals surface area contributed by atoms with Gasteiger partial charge in [-0.3, -0.25) is 4.79 Å². The molecule has 0 fully saturated rings. The molecule has 5 heteroatoms. The van der Waals surface area contributed by atoms with Gasteiger partial charge in [0.1, 0.15) is 7.11 Å². The maximum Gasteiger partial charge on any atom is 0.334 e. The van der Waals surface area contributed by atoms with Gasteiger partial charge in [-0.05, 0) is 18.6 Å². The first-order valence-corrected chi connectivity index (χ1v) is 4.80. The van der Waals surface area contributed by atoms with Crippen LogP contribution in [0, 0.1) is 6.92 Å². The zero-order valence-corrected chi connectivity index (χ0v) is 9.35. The first kappa shape index (κ1) is 10.5. The van der Waals surface area contributed by atoms with Crippen LogP contribution in [-0.4, -0.2) is 23.9 Å². The average molecular weight is 220 g/mol. The lowest BCUT2D eigenvalue weighted by Gasteiger charge is -2.12. The number of hydrogen-bond acceptors (Lipinski definition) is 4. The van der Waals surface area contributed by atoms with Crippen LogP contribution in [0.5, 0.6) is 6.01 Å². The Labute approximate surface area is 92.2 Å². The summed E-state index contributed by atoms with van der Waals surface area (Å²) in [5, 5.41) is 0.546. The van der Waals surface area contributed by atoms with Crippen LogP contribution in [-0.2, 0) is 0 Å². The molecule has 0 bridgehead atoms. The molecule has 1 aromatic carbocycles. The zero-order chi connectivity index (χ0) is 11.7. The Kier molecular flexibility index (Phi) is 2.52. The monoisotopic (exact) mass is 220 g/mol. The fraction of sp³-hybridized carbons (Fsp3) is 0.273. The first-order valence-electron chi connectivity index (χ1n) is 4.80. The summed E-state index contributed by atoms with van der Waals surface area (Å²) in [5.41, 5.74) is 1.21. The van der Waals surface area contributed by atoms with Gasteiger partial charge in [-0.15, -0.1) is 4.73 Å². The van der Waals surface area contributed by atoms with Crippen LogP contribution in [0.15, 0.2) is 23.0 Å².